The Kier molecular flexibility index (Phi) is 4.37. The summed E-state index contributed by atoms with van der Waals surface area (Å²) in [6, 6.07) is 20.6. The molecular formula is C14H13BrSi. The molecule has 0 bridgehead atoms. The molecule has 0 N–H and O–H groups in total. The Morgan fingerprint density at radius 3 is 2.25 bits per heavy atom. The van der Waals surface area contributed by atoms with E-state index in [1.54, 1.807) is 0 Å². The summed E-state index contributed by atoms with van der Waals surface area (Å²) in [7, 11) is 0.916. The molecule has 0 aliphatic carbocycles. The van der Waals surface area contributed by atoms with Crippen molar-refractivity contribution in [1.82, 2.24) is 0 Å². The van der Waals surface area contributed by atoms with E-state index in [1.807, 2.05) is 0 Å². The first kappa shape index (κ1) is 11.6. The van der Waals surface area contributed by atoms with Crippen LogP contribution < -0.4 is 5.19 Å². The fraction of sp³-hybridized carbons (Fsp3) is 0.143. The highest BCUT2D eigenvalue weighted by atomic mass is 79.9. The second kappa shape index (κ2) is 6.02. The maximum absolute atomic E-state index is 3.45. The lowest BCUT2D eigenvalue weighted by Gasteiger charge is -2.01. The van der Waals surface area contributed by atoms with Gasteiger partial charge in [-0.15, -0.1) is 0 Å². The fourth-order valence-corrected chi connectivity index (χ4v) is 2.95. The zero-order valence-corrected chi connectivity index (χ0v) is 11.6. The molecule has 0 aliphatic rings. The van der Waals surface area contributed by atoms with Crippen LogP contribution in [0.3, 0.4) is 0 Å². The molecule has 0 aromatic heterocycles. The molecule has 16 heavy (non-hydrogen) atoms. The molecule has 2 heteroatoms. The predicted octanol–water partition coefficient (Wildman–Crippen LogP) is 3.44. The average Bonchev–Trinajstić information content (AvgIpc) is 2.33. The highest BCUT2D eigenvalue weighted by Gasteiger charge is 1.96. The van der Waals surface area contributed by atoms with Crippen LogP contribution >= 0.6 is 15.9 Å². The quantitative estimate of drug-likeness (QED) is 0.756. The van der Waals surface area contributed by atoms with Crippen molar-refractivity contribution < 1.29 is 0 Å². The standard InChI is InChI=1S/C14H13BrSi/c15-13-8-6-12(7-9-13)10-11-16-14-4-2-1-3-5-14/h1-9H,10-11H2. The lowest BCUT2D eigenvalue weighted by atomic mass is 10.2. The summed E-state index contributed by atoms with van der Waals surface area (Å²) >= 11 is 3.45. The van der Waals surface area contributed by atoms with Crippen molar-refractivity contribution in [3.63, 3.8) is 0 Å². The number of benzene rings is 2. The van der Waals surface area contributed by atoms with Crippen molar-refractivity contribution in [3.8, 4) is 0 Å². The first-order chi connectivity index (χ1) is 7.84. The van der Waals surface area contributed by atoms with Gasteiger partial charge in [0, 0.05) is 4.47 Å². The number of hydrogen-bond acceptors (Lipinski definition) is 0. The molecule has 0 amide bonds. The van der Waals surface area contributed by atoms with Crippen LogP contribution in [0, 0.1) is 0 Å². The molecule has 2 rings (SSSR count). The van der Waals surface area contributed by atoms with Gasteiger partial charge in [-0.2, -0.15) is 0 Å². The molecule has 0 saturated carbocycles. The van der Waals surface area contributed by atoms with Gasteiger partial charge >= 0.3 is 0 Å². The molecule has 80 valence electrons. The third-order valence-electron chi connectivity index (χ3n) is 2.43. The van der Waals surface area contributed by atoms with Gasteiger partial charge in [0.1, 0.15) is 0 Å². The van der Waals surface area contributed by atoms with Crippen LogP contribution in [0.5, 0.6) is 0 Å². The maximum atomic E-state index is 3.45. The third-order valence-corrected chi connectivity index (χ3v) is 4.20. The number of aryl methyl sites for hydroxylation is 1. The van der Waals surface area contributed by atoms with E-state index >= 15 is 0 Å². The summed E-state index contributed by atoms with van der Waals surface area (Å²) in [6.45, 7) is 0. The van der Waals surface area contributed by atoms with E-state index in [2.05, 4.69) is 70.5 Å². The van der Waals surface area contributed by atoms with Gasteiger partial charge in [-0.25, -0.2) is 0 Å². The monoisotopic (exact) mass is 288 g/mol. The largest absolute Gasteiger partial charge is 0.0811 e. The highest BCUT2D eigenvalue weighted by Crippen LogP contribution is 2.11. The Hall–Kier alpha value is -0.863. The average molecular weight is 289 g/mol. The molecule has 0 nitrogen and oxygen atoms in total. The van der Waals surface area contributed by atoms with E-state index in [0.29, 0.717) is 0 Å². The molecular weight excluding hydrogens is 276 g/mol. The van der Waals surface area contributed by atoms with Crippen LogP contribution in [-0.4, -0.2) is 9.52 Å². The molecule has 0 atom stereocenters. The summed E-state index contributed by atoms with van der Waals surface area (Å²) in [5.41, 5.74) is 1.42. The van der Waals surface area contributed by atoms with Gasteiger partial charge < -0.3 is 0 Å². The number of hydrogen-bond donors (Lipinski definition) is 0. The van der Waals surface area contributed by atoms with Gasteiger partial charge in [-0.3, -0.25) is 0 Å². The van der Waals surface area contributed by atoms with Crippen molar-refractivity contribution in [3.05, 3.63) is 64.6 Å². The molecule has 0 heterocycles. The second-order valence-electron chi connectivity index (χ2n) is 3.67. The Morgan fingerprint density at radius 1 is 0.875 bits per heavy atom. The lowest BCUT2D eigenvalue weighted by Crippen LogP contribution is -2.13. The molecule has 2 aromatic rings. The van der Waals surface area contributed by atoms with Crippen molar-refractivity contribution >= 4 is 30.6 Å². The second-order valence-corrected chi connectivity index (χ2v) is 6.02. The van der Waals surface area contributed by atoms with Crippen LogP contribution in [-0.2, 0) is 6.42 Å². The smallest absolute Gasteiger partial charge is 0.0642 e. The molecule has 2 radical (unpaired) electrons. The van der Waals surface area contributed by atoms with Crippen molar-refractivity contribution in [2.75, 3.05) is 0 Å². The first-order valence-corrected chi connectivity index (χ1v) is 7.38. The van der Waals surface area contributed by atoms with E-state index in [1.165, 1.54) is 23.2 Å². The zero-order chi connectivity index (χ0) is 11.2. The summed E-state index contributed by atoms with van der Waals surface area (Å²) in [6.07, 6.45) is 1.17. The highest BCUT2D eigenvalue weighted by molar-refractivity contribution is 9.10. The SMILES string of the molecule is Brc1ccc(CC[Si]c2ccccc2)cc1. The van der Waals surface area contributed by atoms with Crippen LogP contribution in [0.2, 0.25) is 6.04 Å². The van der Waals surface area contributed by atoms with Crippen molar-refractivity contribution in [2.24, 2.45) is 0 Å². The molecule has 0 fully saturated rings. The summed E-state index contributed by atoms with van der Waals surface area (Å²) in [4.78, 5) is 0. The summed E-state index contributed by atoms with van der Waals surface area (Å²) in [5, 5.41) is 1.46. The van der Waals surface area contributed by atoms with Gasteiger partial charge in [-0.1, -0.05) is 69.6 Å². The third kappa shape index (κ3) is 3.61. The molecule has 0 unspecified atom stereocenters. The normalized spacial score (nSPS) is 10.3. The Labute approximate surface area is 108 Å². The lowest BCUT2D eigenvalue weighted by molar-refractivity contribution is 1.13. The topological polar surface area (TPSA) is 0 Å². The van der Waals surface area contributed by atoms with Gasteiger partial charge in [0.05, 0.1) is 9.52 Å². The van der Waals surface area contributed by atoms with Gasteiger partial charge in [0.2, 0.25) is 0 Å². The van der Waals surface area contributed by atoms with Gasteiger partial charge in [0.15, 0.2) is 0 Å². The maximum Gasteiger partial charge on any atom is 0.0811 e. The summed E-state index contributed by atoms with van der Waals surface area (Å²) in [5.74, 6) is 0. The molecule has 2 aromatic carbocycles. The van der Waals surface area contributed by atoms with Crippen LogP contribution in [0.1, 0.15) is 5.56 Å². The van der Waals surface area contributed by atoms with Crippen LogP contribution in [0.25, 0.3) is 0 Å². The van der Waals surface area contributed by atoms with Crippen molar-refractivity contribution in [1.29, 1.82) is 0 Å². The Bertz CT molecular complexity index is 422. The van der Waals surface area contributed by atoms with E-state index < -0.39 is 0 Å². The predicted molar refractivity (Wildman–Crippen MR) is 74.5 cm³/mol. The van der Waals surface area contributed by atoms with E-state index in [0.717, 1.165) is 14.0 Å². The Balaban J connectivity index is 1.82. The van der Waals surface area contributed by atoms with Crippen molar-refractivity contribution in [2.45, 2.75) is 12.5 Å². The Morgan fingerprint density at radius 2 is 1.56 bits per heavy atom. The minimum Gasteiger partial charge on any atom is -0.0642 e. The molecule has 0 saturated heterocycles. The van der Waals surface area contributed by atoms with E-state index in [4.69, 9.17) is 0 Å². The number of rotatable bonds is 4. The minimum absolute atomic E-state index is 0.916. The molecule has 0 aliphatic heterocycles. The van der Waals surface area contributed by atoms with Crippen LogP contribution in [0.15, 0.2) is 59.1 Å². The van der Waals surface area contributed by atoms with Gasteiger partial charge in [-0.05, 0) is 24.1 Å². The number of halogens is 1. The van der Waals surface area contributed by atoms with E-state index in [9.17, 15) is 0 Å². The molecule has 0 spiro atoms. The minimum atomic E-state index is 0.916. The summed E-state index contributed by atoms with van der Waals surface area (Å²) < 4.78 is 1.15. The first-order valence-electron chi connectivity index (χ1n) is 5.38. The fourth-order valence-electron chi connectivity index (χ4n) is 1.56. The van der Waals surface area contributed by atoms with E-state index in [-0.39, 0.29) is 0 Å². The van der Waals surface area contributed by atoms with Crippen LogP contribution in [0.4, 0.5) is 0 Å². The van der Waals surface area contributed by atoms with Gasteiger partial charge in [0.25, 0.3) is 0 Å². The zero-order valence-electron chi connectivity index (χ0n) is 8.99.